The summed E-state index contributed by atoms with van der Waals surface area (Å²) in [7, 11) is 1.60. The predicted octanol–water partition coefficient (Wildman–Crippen LogP) is 0.469. The molecule has 2 amide bonds. The molecule has 0 saturated carbocycles. The van der Waals surface area contributed by atoms with Crippen LogP contribution in [0.3, 0.4) is 0 Å². The third kappa shape index (κ3) is 2.38. The minimum atomic E-state index is -0.457. The standard InChI is InChI=1S/C15H17N3O4/c1-17-11-8-10(2-3-12(11)22-15(17)21)14(20)18-6-4-9(5-7-18)13(16)19/h2-3,8-9H,4-7H2,1H3,(H2,16,19). The smallest absolute Gasteiger partial charge is 0.408 e. The number of aromatic nitrogens is 1. The number of amides is 2. The van der Waals surface area contributed by atoms with Crippen LogP contribution in [0, 0.1) is 5.92 Å². The Morgan fingerprint density at radius 2 is 1.95 bits per heavy atom. The summed E-state index contributed by atoms with van der Waals surface area (Å²) in [4.78, 5) is 36.9. The van der Waals surface area contributed by atoms with Crippen molar-refractivity contribution in [2.24, 2.45) is 18.7 Å². The number of carbonyl (C=O) groups excluding carboxylic acids is 2. The largest absolute Gasteiger partial charge is 0.419 e. The number of benzene rings is 1. The highest BCUT2D eigenvalue weighted by atomic mass is 16.4. The van der Waals surface area contributed by atoms with Gasteiger partial charge in [-0.05, 0) is 31.0 Å². The Hall–Kier alpha value is -2.57. The van der Waals surface area contributed by atoms with Gasteiger partial charge in [0.05, 0.1) is 5.52 Å². The van der Waals surface area contributed by atoms with Crippen LogP contribution in [-0.2, 0) is 11.8 Å². The van der Waals surface area contributed by atoms with Gasteiger partial charge in [0.25, 0.3) is 5.91 Å². The average Bonchev–Trinajstić information content (AvgIpc) is 2.81. The van der Waals surface area contributed by atoms with Crippen molar-refractivity contribution in [1.29, 1.82) is 0 Å². The summed E-state index contributed by atoms with van der Waals surface area (Å²) in [5.41, 5.74) is 6.84. The first kappa shape index (κ1) is 14.4. The van der Waals surface area contributed by atoms with Crippen LogP contribution >= 0.6 is 0 Å². The summed E-state index contributed by atoms with van der Waals surface area (Å²) in [6, 6.07) is 4.93. The van der Waals surface area contributed by atoms with Crippen molar-refractivity contribution >= 4 is 22.9 Å². The molecule has 0 unspecified atom stereocenters. The highest BCUT2D eigenvalue weighted by Gasteiger charge is 2.26. The number of nitrogens with zero attached hydrogens (tertiary/aromatic N) is 2. The van der Waals surface area contributed by atoms with E-state index in [1.165, 1.54) is 4.57 Å². The van der Waals surface area contributed by atoms with E-state index >= 15 is 0 Å². The van der Waals surface area contributed by atoms with Crippen LogP contribution < -0.4 is 11.5 Å². The van der Waals surface area contributed by atoms with Gasteiger partial charge in [0, 0.05) is 31.6 Å². The molecular weight excluding hydrogens is 286 g/mol. The van der Waals surface area contributed by atoms with Gasteiger partial charge in [-0.3, -0.25) is 14.2 Å². The fourth-order valence-electron chi connectivity index (χ4n) is 2.81. The average molecular weight is 303 g/mol. The second-order valence-corrected chi connectivity index (χ2v) is 5.58. The van der Waals surface area contributed by atoms with E-state index in [4.69, 9.17) is 10.2 Å². The van der Waals surface area contributed by atoms with Crippen LogP contribution in [-0.4, -0.2) is 34.4 Å². The Labute approximate surface area is 126 Å². The number of hydrogen-bond acceptors (Lipinski definition) is 4. The maximum Gasteiger partial charge on any atom is 0.419 e. The predicted molar refractivity (Wildman–Crippen MR) is 79.3 cm³/mol. The fourth-order valence-corrected chi connectivity index (χ4v) is 2.81. The lowest BCUT2D eigenvalue weighted by Gasteiger charge is -2.30. The Balaban J connectivity index is 1.82. The molecule has 2 aromatic rings. The number of hydrogen-bond donors (Lipinski definition) is 1. The van der Waals surface area contributed by atoms with E-state index in [1.807, 2.05) is 0 Å². The molecule has 1 aliphatic rings. The maximum atomic E-state index is 12.5. The SMILES string of the molecule is Cn1c(=O)oc2ccc(C(=O)N3CCC(C(N)=O)CC3)cc21. The van der Waals surface area contributed by atoms with Gasteiger partial charge in [0.2, 0.25) is 5.91 Å². The van der Waals surface area contributed by atoms with Crippen molar-refractivity contribution in [2.75, 3.05) is 13.1 Å². The molecule has 7 heteroatoms. The molecule has 2 heterocycles. The third-order valence-electron chi connectivity index (χ3n) is 4.22. The zero-order chi connectivity index (χ0) is 15.9. The molecule has 0 bridgehead atoms. The molecule has 0 radical (unpaired) electrons. The summed E-state index contributed by atoms with van der Waals surface area (Å²) in [5.74, 6) is -1.02. The molecule has 1 saturated heterocycles. The van der Waals surface area contributed by atoms with E-state index in [0.29, 0.717) is 42.6 Å². The lowest BCUT2D eigenvalue weighted by Crippen LogP contribution is -2.41. The van der Waals surface area contributed by atoms with Crippen LogP contribution in [0.15, 0.2) is 27.4 Å². The van der Waals surface area contributed by atoms with E-state index in [9.17, 15) is 14.4 Å². The van der Waals surface area contributed by atoms with Gasteiger partial charge in [-0.25, -0.2) is 4.79 Å². The first-order chi connectivity index (χ1) is 10.5. The molecular formula is C15H17N3O4. The number of fused-ring (bicyclic) bond motifs is 1. The highest BCUT2D eigenvalue weighted by Crippen LogP contribution is 2.20. The summed E-state index contributed by atoms with van der Waals surface area (Å²) in [6.45, 7) is 1.02. The van der Waals surface area contributed by atoms with E-state index in [0.717, 1.165) is 0 Å². The second-order valence-electron chi connectivity index (χ2n) is 5.58. The Morgan fingerprint density at radius 3 is 2.59 bits per heavy atom. The summed E-state index contributed by atoms with van der Waals surface area (Å²) < 4.78 is 6.42. The van der Waals surface area contributed by atoms with Crippen molar-refractivity contribution in [2.45, 2.75) is 12.8 Å². The van der Waals surface area contributed by atoms with Crippen molar-refractivity contribution in [3.8, 4) is 0 Å². The molecule has 0 spiro atoms. The number of piperidine rings is 1. The van der Waals surface area contributed by atoms with Crippen LogP contribution in [0.2, 0.25) is 0 Å². The highest BCUT2D eigenvalue weighted by molar-refractivity contribution is 5.97. The van der Waals surface area contributed by atoms with Crippen LogP contribution in [0.25, 0.3) is 11.1 Å². The Morgan fingerprint density at radius 1 is 1.27 bits per heavy atom. The zero-order valence-corrected chi connectivity index (χ0v) is 12.2. The number of primary amides is 1. The van der Waals surface area contributed by atoms with Gasteiger partial charge >= 0.3 is 5.76 Å². The van der Waals surface area contributed by atoms with Crippen molar-refractivity contribution in [3.05, 3.63) is 34.3 Å². The molecule has 7 nitrogen and oxygen atoms in total. The van der Waals surface area contributed by atoms with Crippen molar-refractivity contribution in [1.82, 2.24) is 9.47 Å². The lowest BCUT2D eigenvalue weighted by molar-refractivity contribution is -0.123. The van der Waals surface area contributed by atoms with Crippen LogP contribution in [0.4, 0.5) is 0 Å². The van der Waals surface area contributed by atoms with Gasteiger partial charge < -0.3 is 15.1 Å². The van der Waals surface area contributed by atoms with Crippen molar-refractivity contribution < 1.29 is 14.0 Å². The molecule has 116 valence electrons. The quantitative estimate of drug-likeness (QED) is 0.871. The first-order valence-corrected chi connectivity index (χ1v) is 7.15. The molecule has 22 heavy (non-hydrogen) atoms. The molecule has 3 rings (SSSR count). The summed E-state index contributed by atoms with van der Waals surface area (Å²) in [5, 5.41) is 0. The molecule has 2 N–H and O–H groups in total. The second kappa shape index (κ2) is 5.32. The van der Waals surface area contributed by atoms with E-state index < -0.39 is 5.76 Å². The van der Waals surface area contributed by atoms with Crippen LogP contribution in [0.5, 0.6) is 0 Å². The number of aryl methyl sites for hydroxylation is 1. The number of carbonyl (C=O) groups is 2. The van der Waals surface area contributed by atoms with E-state index in [-0.39, 0.29) is 17.7 Å². The summed E-state index contributed by atoms with van der Waals surface area (Å²) in [6.07, 6.45) is 1.18. The van der Waals surface area contributed by atoms with E-state index in [1.54, 1.807) is 30.1 Å². The van der Waals surface area contributed by atoms with Crippen LogP contribution in [0.1, 0.15) is 23.2 Å². The molecule has 1 aromatic heterocycles. The van der Waals surface area contributed by atoms with Gasteiger partial charge in [0.15, 0.2) is 5.58 Å². The van der Waals surface area contributed by atoms with Gasteiger partial charge in [-0.15, -0.1) is 0 Å². The summed E-state index contributed by atoms with van der Waals surface area (Å²) >= 11 is 0. The number of rotatable bonds is 2. The first-order valence-electron chi connectivity index (χ1n) is 7.15. The topological polar surface area (TPSA) is 98.5 Å². The van der Waals surface area contributed by atoms with E-state index in [2.05, 4.69) is 0 Å². The molecule has 1 aliphatic heterocycles. The minimum Gasteiger partial charge on any atom is -0.408 e. The minimum absolute atomic E-state index is 0.113. The lowest BCUT2D eigenvalue weighted by atomic mass is 9.96. The molecule has 1 aromatic carbocycles. The van der Waals surface area contributed by atoms with Gasteiger partial charge in [-0.2, -0.15) is 0 Å². The molecule has 0 aliphatic carbocycles. The van der Waals surface area contributed by atoms with Gasteiger partial charge in [-0.1, -0.05) is 0 Å². The normalized spacial score (nSPS) is 16.1. The molecule has 1 fully saturated rings. The molecule has 0 atom stereocenters. The maximum absolute atomic E-state index is 12.5. The number of oxazole rings is 1. The fraction of sp³-hybridized carbons (Fsp3) is 0.400. The zero-order valence-electron chi connectivity index (χ0n) is 12.2. The number of nitrogens with two attached hydrogens (primary N) is 1. The Bertz CT molecular complexity index is 797. The monoisotopic (exact) mass is 303 g/mol. The van der Waals surface area contributed by atoms with Gasteiger partial charge in [0.1, 0.15) is 0 Å². The Kier molecular flexibility index (Phi) is 3.48. The third-order valence-corrected chi connectivity index (χ3v) is 4.22. The number of likely N-dealkylation sites (tertiary alicyclic amines) is 1. The van der Waals surface area contributed by atoms with Crippen molar-refractivity contribution in [3.63, 3.8) is 0 Å².